The maximum atomic E-state index is 12.9. The van der Waals surface area contributed by atoms with Crippen LogP contribution in [0, 0.1) is 12.3 Å². The molecule has 1 atom stereocenters. The zero-order valence-electron chi connectivity index (χ0n) is 25.5. The molecule has 0 bridgehead atoms. The highest BCUT2D eigenvalue weighted by molar-refractivity contribution is 6.36. The molecule has 11 heteroatoms. The molecule has 0 saturated carbocycles. The number of hydrogen-bond acceptors (Lipinski definition) is 9. The van der Waals surface area contributed by atoms with Gasteiger partial charge in [0.15, 0.2) is 0 Å². The van der Waals surface area contributed by atoms with Gasteiger partial charge in [-0.1, -0.05) is 52.3 Å². The number of nitrogens with zero attached hydrogens (tertiary/aromatic N) is 1. The molecular weight excluding hydrogens is 562 g/mol. The SMILES string of the molecule is CC.CC.COC=O.Cc1ccc(C(Nc2c(Nc3cccc(C(=O)N4CCCC4)c3Cl)c(=O)c2=O)C2(C)COC2)o1. The van der Waals surface area contributed by atoms with Crippen LogP contribution in [-0.4, -0.2) is 50.7 Å². The number of nitrogens with one attached hydrogen (secondary N) is 2. The molecular formula is C31H42ClN3O7. The number of benzene rings is 1. The summed E-state index contributed by atoms with van der Waals surface area (Å²) < 4.78 is 15.1. The van der Waals surface area contributed by atoms with Crippen molar-refractivity contribution in [3.05, 3.63) is 72.9 Å². The normalized spacial score (nSPS) is 15.4. The third-order valence-electron chi connectivity index (χ3n) is 6.78. The zero-order valence-corrected chi connectivity index (χ0v) is 26.2. The average molecular weight is 604 g/mol. The standard InChI is InChI=1S/C25H26ClN3O5.C2H4O2.2C2H6/c1-14-8-9-17(34-14)23(25(2)12-33-13-25)28-20-19(21(30)22(20)31)27-16-7-5-6-15(18(16)26)24(32)29-10-3-4-11-29;1-4-2-3;2*1-2/h5-9,23,27-28H,3-4,10-13H2,1-2H3;2H,1H3;2*1-2H3. The molecule has 0 aliphatic carbocycles. The summed E-state index contributed by atoms with van der Waals surface area (Å²) in [5.74, 6) is 1.28. The third-order valence-corrected chi connectivity index (χ3v) is 7.19. The Kier molecular flexibility index (Phi) is 13.3. The van der Waals surface area contributed by atoms with E-state index >= 15 is 0 Å². The molecule has 0 radical (unpaired) electrons. The van der Waals surface area contributed by atoms with Crippen LogP contribution in [0.3, 0.4) is 0 Å². The number of carbonyl (C=O) groups excluding carboxylic acids is 2. The largest absolute Gasteiger partial charge is 0.471 e. The van der Waals surface area contributed by atoms with Crippen LogP contribution in [0.15, 0.2) is 44.3 Å². The summed E-state index contributed by atoms with van der Waals surface area (Å²) >= 11 is 6.57. The van der Waals surface area contributed by atoms with E-state index in [2.05, 4.69) is 15.4 Å². The van der Waals surface area contributed by atoms with Crippen LogP contribution in [0.5, 0.6) is 0 Å². The summed E-state index contributed by atoms with van der Waals surface area (Å²) in [6.45, 7) is 14.7. The Hall–Kier alpha value is -3.63. The Morgan fingerprint density at radius 2 is 1.64 bits per heavy atom. The third kappa shape index (κ3) is 7.60. The van der Waals surface area contributed by atoms with Gasteiger partial charge in [0.25, 0.3) is 23.2 Å². The molecule has 2 aliphatic heterocycles. The molecule has 1 aromatic heterocycles. The van der Waals surface area contributed by atoms with Gasteiger partial charge in [0.1, 0.15) is 22.9 Å². The molecule has 10 nitrogen and oxygen atoms in total. The second-order valence-corrected chi connectivity index (χ2v) is 10.1. The van der Waals surface area contributed by atoms with E-state index < -0.39 is 10.9 Å². The molecule has 2 fully saturated rings. The topological polar surface area (TPSA) is 127 Å². The molecule has 1 amide bonds. The van der Waals surface area contributed by atoms with Crippen molar-refractivity contribution in [3.63, 3.8) is 0 Å². The van der Waals surface area contributed by atoms with Crippen molar-refractivity contribution in [2.75, 3.05) is 44.0 Å². The maximum absolute atomic E-state index is 12.9. The van der Waals surface area contributed by atoms with Crippen LogP contribution in [-0.2, 0) is 14.3 Å². The smallest absolute Gasteiger partial charge is 0.292 e. The minimum absolute atomic E-state index is 0.120. The van der Waals surface area contributed by atoms with Crippen LogP contribution in [0.1, 0.15) is 75.4 Å². The van der Waals surface area contributed by atoms with E-state index in [4.69, 9.17) is 25.5 Å². The summed E-state index contributed by atoms with van der Waals surface area (Å²) in [5.41, 5.74) is -0.505. The minimum atomic E-state index is -0.640. The number of rotatable bonds is 8. The average Bonchev–Trinajstić information content (AvgIpc) is 3.70. The number of amides is 1. The molecule has 2 aromatic carbocycles. The van der Waals surface area contributed by atoms with Crippen LogP contribution in [0.25, 0.3) is 0 Å². The molecule has 2 aliphatic rings. The molecule has 0 spiro atoms. The molecule has 1 unspecified atom stereocenters. The van der Waals surface area contributed by atoms with Gasteiger partial charge in [-0.15, -0.1) is 0 Å². The van der Waals surface area contributed by atoms with Crippen LogP contribution >= 0.6 is 11.6 Å². The monoisotopic (exact) mass is 603 g/mol. The van der Waals surface area contributed by atoms with Crippen molar-refractivity contribution in [1.82, 2.24) is 4.90 Å². The molecule has 2 saturated heterocycles. The summed E-state index contributed by atoms with van der Waals surface area (Å²) in [7, 11) is 1.31. The van der Waals surface area contributed by atoms with Crippen molar-refractivity contribution in [2.45, 2.75) is 60.4 Å². The van der Waals surface area contributed by atoms with Crippen molar-refractivity contribution in [2.24, 2.45) is 5.41 Å². The quantitative estimate of drug-likeness (QED) is 0.241. The van der Waals surface area contributed by atoms with Crippen molar-refractivity contribution in [1.29, 1.82) is 0 Å². The first-order valence-corrected chi connectivity index (χ1v) is 14.6. The Bertz CT molecular complexity index is 1380. The Morgan fingerprint density at radius 1 is 1.05 bits per heavy atom. The van der Waals surface area contributed by atoms with E-state index in [1.54, 1.807) is 23.1 Å². The number of likely N-dealkylation sites (tertiary alicyclic amines) is 1. The number of carbonyl (C=O) groups is 2. The van der Waals surface area contributed by atoms with Gasteiger partial charge in [-0.2, -0.15) is 0 Å². The summed E-state index contributed by atoms with van der Waals surface area (Å²) in [6.07, 6.45) is 1.94. The van der Waals surface area contributed by atoms with Crippen LogP contribution < -0.4 is 21.5 Å². The van der Waals surface area contributed by atoms with Crippen molar-refractivity contribution < 1.29 is 23.5 Å². The number of methoxy groups -OCH3 is 1. The van der Waals surface area contributed by atoms with Crippen LogP contribution in [0.2, 0.25) is 5.02 Å². The summed E-state index contributed by atoms with van der Waals surface area (Å²) in [4.78, 5) is 48.6. The first-order valence-electron chi connectivity index (χ1n) is 14.3. The van der Waals surface area contributed by atoms with Crippen molar-refractivity contribution in [3.8, 4) is 0 Å². The lowest BCUT2D eigenvalue weighted by atomic mass is 9.79. The first-order chi connectivity index (χ1) is 20.2. The highest BCUT2D eigenvalue weighted by atomic mass is 35.5. The number of hydrogen-bond donors (Lipinski definition) is 2. The predicted octanol–water partition coefficient (Wildman–Crippen LogP) is 5.85. The second-order valence-electron chi connectivity index (χ2n) is 9.70. The maximum Gasteiger partial charge on any atom is 0.292 e. The van der Waals surface area contributed by atoms with E-state index in [0.717, 1.165) is 18.6 Å². The number of ether oxygens (including phenoxy) is 2. The minimum Gasteiger partial charge on any atom is -0.471 e. The lowest BCUT2D eigenvalue weighted by Gasteiger charge is -2.44. The predicted molar refractivity (Wildman–Crippen MR) is 166 cm³/mol. The molecule has 5 rings (SSSR count). The van der Waals surface area contributed by atoms with Gasteiger partial charge in [-0.25, -0.2) is 0 Å². The number of halogens is 1. The summed E-state index contributed by atoms with van der Waals surface area (Å²) in [5, 5.41) is 6.45. The van der Waals surface area contributed by atoms with Gasteiger partial charge in [0, 0.05) is 18.5 Å². The lowest BCUT2D eigenvalue weighted by Crippen LogP contribution is -2.49. The lowest BCUT2D eigenvalue weighted by molar-refractivity contribution is -0.126. The van der Waals surface area contributed by atoms with E-state index in [-0.39, 0.29) is 33.8 Å². The fraction of sp³-hybridized carbons (Fsp3) is 0.484. The fourth-order valence-corrected chi connectivity index (χ4v) is 4.85. The van der Waals surface area contributed by atoms with Gasteiger partial charge in [-0.05, 0) is 44.0 Å². The highest BCUT2D eigenvalue weighted by Gasteiger charge is 2.45. The van der Waals surface area contributed by atoms with Gasteiger partial charge < -0.3 is 29.4 Å². The molecule has 230 valence electrons. The van der Waals surface area contributed by atoms with E-state index in [1.165, 1.54) is 7.11 Å². The second kappa shape index (κ2) is 16.1. The molecule has 3 aromatic rings. The van der Waals surface area contributed by atoms with Crippen LogP contribution in [0.4, 0.5) is 17.1 Å². The van der Waals surface area contributed by atoms with E-state index in [9.17, 15) is 14.4 Å². The Balaban J connectivity index is 0.000000699. The summed E-state index contributed by atoms with van der Waals surface area (Å²) in [6, 6.07) is 8.41. The number of furan rings is 1. The van der Waals surface area contributed by atoms with Gasteiger partial charge in [0.05, 0.1) is 42.6 Å². The number of anilines is 3. The van der Waals surface area contributed by atoms with E-state index in [1.807, 2.05) is 53.7 Å². The van der Waals surface area contributed by atoms with Gasteiger partial charge in [0.2, 0.25) is 0 Å². The molecule has 42 heavy (non-hydrogen) atoms. The highest BCUT2D eigenvalue weighted by Crippen LogP contribution is 2.43. The first kappa shape index (κ1) is 34.6. The Morgan fingerprint density at radius 3 is 2.14 bits per heavy atom. The van der Waals surface area contributed by atoms with E-state index in [0.29, 0.717) is 49.8 Å². The van der Waals surface area contributed by atoms with Crippen molar-refractivity contribution >= 4 is 41.0 Å². The number of aryl methyl sites for hydroxylation is 1. The van der Waals surface area contributed by atoms with Gasteiger partial charge >= 0.3 is 0 Å². The molecule has 3 heterocycles. The fourth-order valence-electron chi connectivity index (χ4n) is 4.60. The Labute approximate surface area is 252 Å². The molecule has 2 N–H and O–H groups in total. The van der Waals surface area contributed by atoms with Gasteiger partial charge in [-0.3, -0.25) is 19.2 Å². The zero-order chi connectivity index (χ0) is 31.4.